The molecule has 0 aliphatic carbocycles. The molecule has 0 saturated heterocycles. The molecule has 3 N–H and O–H groups in total. The van der Waals surface area contributed by atoms with E-state index >= 15 is 0 Å². The Bertz CT molecular complexity index is 435. The second-order valence-electron chi connectivity index (χ2n) is 3.50. The third kappa shape index (κ3) is 2.50. The smallest absolute Gasteiger partial charge is 0.0494 e. The summed E-state index contributed by atoms with van der Waals surface area (Å²) in [5, 5.41) is 5.46. The summed E-state index contributed by atoms with van der Waals surface area (Å²) >= 11 is 1.76. The topological polar surface area (TPSA) is 38.0 Å². The SMILES string of the molecule is Cc1cc(NCc2cccs2)ccc1N. The summed E-state index contributed by atoms with van der Waals surface area (Å²) in [5.41, 5.74) is 8.84. The standard InChI is InChI=1S/C12H14N2S/c1-9-7-10(4-5-12(9)13)14-8-11-3-2-6-15-11/h2-7,14H,8,13H2,1H3. The normalized spacial score (nSPS) is 10.2. The fourth-order valence-corrected chi connectivity index (χ4v) is 2.03. The summed E-state index contributed by atoms with van der Waals surface area (Å²) in [4.78, 5) is 1.34. The van der Waals surface area contributed by atoms with E-state index in [1.54, 1.807) is 11.3 Å². The molecule has 3 heteroatoms. The average Bonchev–Trinajstić information content (AvgIpc) is 2.73. The first kappa shape index (κ1) is 10.1. The molecule has 0 bridgehead atoms. The number of aryl methyl sites for hydroxylation is 1. The Kier molecular flexibility index (Phi) is 2.92. The van der Waals surface area contributed by atoms with E-state index in [0.29, 0.717) is 0 Å². The van der Waals surface area contributed by atoms with Crippen LogP contribution in [0, 0.1) is 6.92 Å². The van der Waals surface area contributed by atoms with Crippen LogP contribution in [0.25, 0.3) is 0 Å². The maximum absolute atomic E-state index is 5.75. The maximum atomic E-state index is 5.75. The summed E-state index contributed by atoms with van der Waals surface area (Å²) in [6.07, 6.45) is 0. The molecule has 1 heterocycles. The number of nitrogen functional groups attached to an aromatic ring is 1. The Morgan fingerprint density at radius 2 is 2.20 bits per heavy atom. The van der Waals surface area contributed by atoms with Crippen molar-refractivity contribution < 1.29 is 0 Å². The van der Waals surface area contributed by atoms with Gasteiger partial charge in [-0.15, -0.1) is 11.3 Å². The van der Waals surface area contributed by atoms with E-state index < -0.39 is 0 Å². The zero-order chi connectivity index (χ0) is 10.7. The van der Waals surface area contributed by atoms with Gasteiger partial charge in [-0.3, -0.25) is 0 Å². The first-order chi connectivity index (χ1) is 7.25. The van der Waals surface area contributed by atoms with E-state index in [4.69, 9.17) is 5.73 Å². The van der Waals surface area contributed by atoms with Crippen LogP contribution in [0.5, 0.6) is 0 Å². The average molecular weight is 218 g/mol. The third-order valence-corrected chi connectivity index (χ3v) is 3.19. The molecule has 15 heavy (non-hydrogen) atoms. The highest BCUT2D eigenvalue weighted by Gasteiger charge is 1.97. The number of thiophene rings is 1. The number of nitrogens with one attached hydrogen (secondary N) is 1. The first-order valence-corrected chi connectivity index (χ1v) is 5.76. The van der Waals surface area contributed by atoms with E-state index in [0.717, 1.165) is 23.5 Å². The predicted molar refractivity (Wildman–Crippen MR) is 67.2 cm³/mol. The highest BCUT2D eigenvalue weighted by Crippen LogP contribution is 2.18. The van der Waals surface area contributed by atoms with Crippen LogP contribution in [0.3, 0.4) is 0 Å². The van der Waals surface area contributed by atoms with Crippen LogP contribution in [0.1, 0.15) is 10.4 Å². The summed E-state index contributed by atoms with van der Waals surface area (Å²) < 4.78 is 0. The molecule has 0 unspecified atom stereocenters. The van der Waals surface area contributed by atoms with E-state index in [1.807, 2.05) is 19.1 Å². The Labute approximate surface area is 93.7 Å². The van der Waals surface area contributed by atoms with Crippen LogP contribution in [0.15, 0.2) is 35.7 Å². The lowest BCUT2D eigenvalue weighted by atomic mass is 10.2. The van der Waals surface area contributed by atoms with Crippen LogP contribution >= 0.6 is 11.3 Å². The van der Waals surface area contributed by atoms with E-state index in [9.17, 15) is 0 Å². The van der Waals surface area contributed by atoms with Crippen molar-refractivity contribution in [1.29, 1.82) is 0 Å². The molecule has 2 rings (SSSR count). The second-order valence-corrected chi connectivity index (χ2v) is 4.54. The molecule has 0 amide bonds. The van der Waals surface area contributed by atoms with Gasteiger partial charge < -0.3 is 11.1 Å². The number of hydrogen-bond acceptors (Lipinski definition) is 3. The molecule has 1 aromatic carbocycles. The molecular formula is C12H14N2S. The van der Waals surface area contributed by atoms with Gasteiger partial charge in [-0.2, -0.15) is 0 Å². The van der Waals surface area contributed by atoms with Gasteiger partial charge in [-0.25, -0.2) is 0 Å². The largest absolute Gasteiger partial charge is 0.399 e. The maximum Gasteiger partial charge on any atom is 0.0494 e. The van der Waals surface area contributed by atoms with E-state index in [2.05, 4.69) is 28.9 Å². The molecule has 0 saturated carbocycles. The highest BCUT2D eigenvalue weighted by molar-refractivity contribution is 7.09. The molecule has 0 atom stereocenters. The quantitative estimate of drug-likeness (QED) is 0.776. The lowest BCUT2D eigenvalue weighted by Gasteiger charge is -2.07. The number of anilines is 2. The van der Waals surface area contributed by atoms with Gasteiger partial charge in [0.05, 0.1) is 0 Å². The van der Waals surface area contributed by atoms with Gasteiger partial charge in [0.25, 0.3) is 0 Å². The Morgan fingerprint density at radius 1 is 1.33 bits per heavy atom. The van der Waals surface area contributed by atoms with Gasteiger partial charge in [0.15, 0.2) is 0 Å². The molecule has 0 aliphatic rings. The monoisotopic (exact) mass is 218 g/mol. The minimum atomic E-state index is 0.844. The molecular weight excluding hydrogens is 204 g/mol. The van der Waals surface area contributed by atoms with Crippen molar-refractivity contribution in [3.8, 4) is 0 Å². The van der Waals surface area contributed by atoms with Gasteiger partial charge in [-0.05, 0) is 42.1 Å². The van der Waals surface area contributed by atoms with Gasteiger partial charge in [0.2, 0.25) is 0 Å². The fourth-order valence-electron chi connectivity index (χ4n) is 1.39. The summed E-state index contributed by atoms with van der Waals surface area (Å²) in [6.45, 7) is 2.90. The van der Waals surface area contributed by atoms with Gasteiger partial charge >= 0.3 is 0 Å². The lowest BCUT2D eigenvalue weighted by Crippen LogP contribution is -1.98. The highest BCUT2D eigenvalue weighted by atomic mass is 32.1. The van der Waals surface area contributed by atoms with Crippen molar-refractivity contribution in [2.75, 3.05) is 11.1 Å². The minimum absolute atomic E-state index is 0.844. The first-order valence-electron chi connectivity index (χ1n) is 4.88. The lowest BCUT2D eigenvalue weighted by molar-refractivity contribution is 1.19. The minimum Gasteiger partial charge on any atom is -0.399 e. The molecule has 78 valence electrons. The summed E-state index contributed by atoms with van der Waals surface area (Å²) in [7, 11) is 0. The van der Waals surface area contributed by atoms with Crippen LogP contribution < -0.4 is 11.1 Å². The second kappa shape index (κ2) is 4.36. The van der Waals surface area contributed by atoms with Crippen molar-refractivity contribution in [1.82, 2.24) is 0 Å². The van der Waals surface area contributed by atoms with Gasteiger partial charge in [0, 0.05) is 22.8 Å². The molecule has 2 aromatic rings. The molecule has 0 spiro atoms. The van der Waals surface area contributed by atoms with E-state index in [-0.39, 0.29) is 0 Å². The van der Waals surface area contributed by atoms with Crippen molar-refractivity contribution in [2.45, 2.75) is 13.5 Å². The van der Waals surface area contributed by atoms with Gasteiger partial charge in [-0.1, -0.05) is 6.07 Å². The van der Waals surface area contributed by atoms with Crippen LogP contribution in [-0.2, 0) is 6.54 Å². The fraction of sp³-hybridized carbons (Fsp3) is 0.167. The third-order valence-electron chi connectivity index (χ3n) is 2.32. The number of hydrogen-bond donors (Lipinski definition) is 2. The van der Waals surface area contributed by atoms with E-state index in [1.165, 1.54) is 4.88 Å². The molecule has 0 radical (unpaired) electrons. The number of rotatable bonds is 3. The molecule has 0 aliphatic heterocycles. The zero-order valence-corrected chi connectivity index (χ0v) is 9.47. The van der Waals surface area contributed by atoms with Crippen molar-refractivity contribution in [2.24, 2.45) is 0 Å². The Morgan fingerprint density at radius 3 is 2.87 bits per heavy atom. The number of benzene rings is 1. The van der Waals surface area contributed by atoms with Crippen molar-refractivity contribution in [3.63, 3.8) is 0 Å². The van der Waals surface area contributed by atoms with Crippen LogP contribution in [0.2, 0.25) is 0 Å². The summed E-state index contributed by atoms with van der Waals surface area (Å²) in [6, 6.07) is 10.2. The molecule has 0 fully saturated rings. The van der Waals surface area contributed by atoms with Crippen LogP contribution in [0.4, 0.5) is 11.4 Å². The Hall–Kier alpha value is -1.48. The Balaban J connectivity index is 2.02. The van der Waals surface area contributed by atoms with Crippen molar-refractivity contribution in [3.05, 3.63) is 46.2 Å². The van der Waals surface area contributed by atoms with Crippen molar-refractivity contribution >= 4 is 22.7 Å². The summed E-state index contributed by atoms with van der Waals surface area (Å²) in [5.74, 6) is 0. The van der Waals surface area contributed by atoms with Gasteiger partial charge in [0.1, 0.15) is 0 Å². The molecule has 2 nitrogen and oxygen atoms in total. The zero-order valence-electron chi connectivity index (χ0n) is 8.66. The number of nitrogens with two attached hydrogens (primary N) is 1. The predicted octanol–water partition coefficient (Wildman–Crippen LogP) is 3.25. The van der Waals surface area contributed by atoms with Crippen LogP contribution in [-0.4, -0.2) is 0 Å². The molecule has 1 aromatic heterocycles.